The van der Waals surface area contributed by atoms with E-state index < -0.39 is 0 Å². The summed E-state index contributed by atoms with van der Waals surface area (Å²) in [5, 5.41) is 2.98. The summed E-state index contributed by atoms with van der Waals surface area (Å²) in [6, 6.07) is 24.7. The summed E-state index contributed by atoms with van der Waals surface area (Å²) >= 11 is 1.59. The Labute approximate surface area is 167 Å². The van der Waals surface area contributed by atoms with Crippen molar-refractivity contribution in [3.63, 3.8) is 0 Å². The highest BCUT2D eigenvalue weighted by Gasteiger charge is 2.24. The lowest BCUT2D eigenvalue weighted by Gasteiger charge is -2.14. The van der Waals surface area contributed by atoms with Crippen molar-refractivity contribution in [2.24, 2.45) is 0 Å². The molecule has 1 heterocycles. The molecule has 2 amide bonds. The van der Waals surface area contributed by atoms with E-state index in [4.69, 9.17) is 4.74 Å². The van der Waals surface area contributed by atoms with E-state index in [9.17, 15) is 9.59 Å². The first kappa shape index (κ1) is 18.1. The van der Waals surface area contributed by atoms with Crippen LogP contribution in [0.25, 0.3) is 0 Å². The van der Waals surface area contributed by atoms with Gasteiger partial charge in [-0.25, -0.2) is 4.79 Å². The predicted molar refractivity (Wildman–Crippen MR) is 110 cm³/mol. The molecule has 1 fully saturated rings. The number of anilines is 2. The van der Waals surface area contributed by atoms with E-state index in [1.54, 1.807) is 36.0 Å². The number of para-hydroxylation sites is 1. The number of carbonyl (C=O) groups is 2. The van der Waals surface area contributed by atoms with Crippen LogP contribution in [0.1, 0.15) is 10.4 Å². The van der Waals surface area contributed by atoms with Gasteiger partial charge in [0.25, 0.3) is 5.91 Å². The van der Waals surface area contributed by atoms with Crippen LogP contribution in [0.4, 0.5) is 16.2 Å². The van der Waals surface area contributed by atoms with Gasteiger partial charge in [0.05, 0.1) is 12.2 Å². The highest BCUT2D eigenvalue weighted by molar-refractivity contribution is 7.99. The standard InChI is InChI=1S/C22H18N2O3S/c25-21(16-7-6-8-17(15-16)24-13-14-27-22(24)26)23-19-11-4-5-12-20(19)28-18-9-2-1-3-10-18/h1-12,15H,13-14H2,(H,23,25). The molecule has 0 saturated carbocycles. The summed E-state index contributed by atoms with van der Waals surface area (Å²) in [7, 11) is 0. The van der Waals surface area contributed by atoms with Crippen LogP contribution in [0.3, 0.4) is 0 Å². The highest BCUT2D eigenvalue weighted by Crippen LogP contribution is 2.33. The molecular weight excluding hydrogens is 372 g/mol. The first-order chi connectivity index (χ1) is 13.7. The number of nitrogens with one attached hydrogen (secondary N) is 1. The zero-order valence-corrected chi connectivity index (χ0v) is 15.8. The molecule has 0 aromatic heterocycles. The van der Waals surface area contributed by atoms with Crippen molar-refractivity contribution in [1.29, 1.82) is 0 Å². The zero-order valence-electron chi connectivity index (χ0n) is 15.0. The van der Waals surface area contributed by atoms with Crippen molar-refractivity contribution >= 4 is 35.1 Å². The average molecular weight is 390 g/mol. The van der Waals surface area contributed by atoms with Crippen molar-refractivity contribution in [2.75, 3.05) is 23.4 Å². The number of nitrogens with zero attached hydrogens (tertiary/aromatic N) is 1. The van der Waals surface area contributed by atoms with E-state index in [0.717, 1.165) is 15.5 Å². The molecule has 0 radical (unpaired) electrons. The van der Waals surface area contributed by atoms with Crippen LogP contribution in [0, 0.1) is 0 Å². The van der Waals surface area contributed by atoms with Gasteiger partial charge in [0.15, 0.2) is 0 Å². The smallest absolute Gasteiger partial charge is 0.414 e. The molecule has 0 atom stereocenters. The number of hydrogen-bond donors (Lipinski definition) is 1. The summed E-state index contributed by atoms with van der Waals surface area (Å²) in [4.78, 5) is 28.2. The fourth-order valence-electron chi connectivity index (χ4n) is 2.91. The number of benzene rings is 3. The van der Waals surface area contributed by atoms with Crippen LogP contribution in [0.15, 0.2) is 88.7 Å². The second-order valence-corrected chi connectivity index (χ2v) is 7.30. The van der Waals surface area contributed by atoms with Crippen molar-refractivity contribution in [2.45, 2.75) is 9.79 Å². The minimum Gasteiger partial charge on any atom is -0.447 e. The Morgan fingerprint density at radius 2 is 1.75 bits per heavy atom. The monoisotopic (exact) mass is 390 g/mol. The lowest BCUT2D eigenvalue weighted by Crippen LogP contribution is -2.23. The van der Waals surface area contributed by atoms with Crippen molar-refractivity contribution in [3.05, 3.63) is 84.4 Å². The van der Waals surface area contributed by atoms with Crippen molar-refractivity contribution < 1.29 is 14.3 Å². The molecular formula is C22H18N2O3S. The van der Waals surface area contributed by atoms with Crippen LogP contribution in [-0.4, -0.2) is 25.2 Å². The van der Waals surface area contributed by atoms with Gasteiger partial charge in [0.2, 0.25) is 0 Å². The van der Waals surface area contributed by atoms with E-state index in [1.807, 2.05) is 54.6 Å². The van der Waals surface area contributed by atoms with Crippen LogP contribution >= 0.6 is 11.8 Å². The molecule has 1 N–H and O–H groups in total. The number of rotatable bonds is 5. The Morgan fingerprint density at radius 3 is 2.54 bits per heavy atom. The SMILES string of the molecule is O=C(Nc1ccccc1Sc1ccccc1)c1cccc(N2CCOC2=O)c1. The highest BCUT2D eigenvalue weighted by atomic mass is 32.2. The molecule has 1 saturated heterocycles. The molecule has 0 unspecified atom stereocenters. The summed E-state index contributed by atoms with van der Waals surface area (Å²) in [5.41, 5.74) is 1.88. The van der Waals surface area contributed by atoms with E-state index in [2.05, 4.69) is 5.32 Å². The number of cyclic esters (lactones) is 1. The second kappa shape index (κ2) is 8.19. The Kier molecular flexibility index (Phi) is 5.30. The number of amides is 2. The molecule has 3 aromatic carbocycles. The molecule has 1 aliphatic heterocycles. The van der Waals surface area contributed by atoms with Gasteiger partial charge >= 0.3 is 6.09 Å². The van der Waals surface area contributed by atoms with Gasteiger partial charge in [0.1, 0.15) is 6.61 Å². The number of ether oxygens (including phenoxy) is 1. The van der Waals surface area contributed by atoms with Gasteiger partial charge in [-0.3, -0.25) is 9.69 Å². The average Bonchev–Trinajstić information content (AvgIpc) is 3.16. The van der Waals surface area contributed by atoms with Crippen LogP contribution in [0.5, 0.6) is 0 Å². The fraction of sp³-hybridized carbons (Fsp3) is 0.0909. The fourth-order valence-corrected chi connectivity index (χ4v) is 3.83. The van der Waals surface area contributed by atoms with E-state index in [-0.39, 0.29) is 12.0 Å². The maximum Gasteiger partial charge on any atom is 0.414 e. The molecule has 140 valence electrons. The Balaban J connectivity index is 1.54. The zero-order chi connectivity index (χ0) is 19.3. The largest absolute Gasteiger partial charge is 0.447 e. The van der Waals surface area contributed by atoms with Crippen LogP contribution in [-0.2, 0) is 4.74 Å². The minimum atomic E-state index is -0.387. The topological polar surface area (TPSA) is 58.6 Å². The molecule has 0 spiro atoms. The van der Waals surface area contributed by atoms with Crippen LogP contribution < -0.4 is 10.2 Å². The number of hydrogen-bond acceptors (Lipinski definition) is 4. The number of carbonyl (C=O) groups excluding carboxylic acids is 2. The molecule has 3 aromatic rings. The van der Waals surface area contributed by atoms with E-state index in [0.29, 0.717) is 24.4 Å². The predicted octanol–water partition coefficient (Wildman–Crippen LogP) is 5.05. The molecule has 0 aliphatic carbocycles. The maximum atomic E-state index is 12.8. The summed E-state index contributed by atoms with van der Waals surface area (Å²) < 4.78 is 4.97. The van der Waals surface area contributed by atoms with Gasteiger partial charge in [-0.05, 0) is 42.5 Å². The Morgan fingerprint density at radius 1 is 0.964 bits per heavy atom. The molecule has 0 bridgehead atoms. The Hall–Kier alpha value is -3.25. The Bertz CT molecular complexity index is 1010. The quantitative estimate of drug-likeness (QED) is 0.663. The normalized spacial score (nSPS) is 13.3. The molecule has 28 heavy (non-hydrogen) atoms. The van der Waals surface area contributed by atoms with Gasteiger partial charge in [0, 0.05) is 21.0 Å². The van der Waals surface area contributed by atoms with Gasteiger partial charge in [-0.2, -0.15) is 0 Å². The van der Waals surface area contributed by atoms with Crippen molar-refractivity contribution in [1.82, 2.24) is 0 Å². The van der Waals surface area contributed by atoms with Gasteiger partial charge in [-0.1, -0.05) is 48.2 Å². The first-order valence-corrected chi connectivity index (χ1v) is 9.70. The maximum absolute atomic E-state index is 12.8. The third-order valence-corrected chi connectivity index (χ3v) is 5.37. The molecule has 1 aliphatic rings. The third-order valence-electron chi connectivity index (χ3n) is 4.29. The molecule has 4 rings (SSSR count). The lowest BCUT2D eigenvalue weighted by atomic mass is 10.1. The molecule has 6 heteroatoms. The second-order valence-electron chi connectivity index (χ2n) is 6.18. The third kappa shape index (κ3) is 4.02. The van der Waals surface area contributed by atoms with Crippen LogP contribution in [0.2, 0.25) is 0 Å². The summed E-state index contributed by atoms with van der Waals surface area (Å²) in [6.45, 7) is 0.847. The lowest BCUT2D eigenvalue weighted by molar-refractivity contribution is 0.102. The minimum absolute atomic E-state index is 0.226. The summed E-state index contributed by atoms with van der Waals surface area (Å²) in [6.07, 6.45) is -0.387. The van der Waals surface area contributed by atoms with E-state index >= 15 is 0 Å². The van der Waals surface area contributed by atoms with E-state index in [1.165, 1.54) is 4.90 Å². The van der Waals surface area contributed by atoms with Crippen molar-refractivity contribution in [3.8, 4) is 0 Å². The molecule has 5 nitrogen and oxygen atoms in total. The van der Waals surface area contributed by atoms with Gasteiger partial charge < -0.3 is 10.1 Å². The van der Waals surface area contributed by atoms with Gasteiger partial charge in [-0.15, -0.1) is 0 Å². The first-order valence-electron chi connectivity index (χ1n) is 8.88. The summed E-state index contributed by atoms with van der Waals surface area (Å²) in [5.74, 6) is -0.226.